The van der Waals surface area contributed by atoms with Gasteiger partial charge in [0.05, 0.1) is 26.4 Å². The molecule has 3 N–H and O–H groups in total. The molecule has 17 nitrogen and oxygen atoms in total. The molecule has 0 rings (SSSR count). The fourth-order valence-electron chi connectivity index (χ4n) is 11.9. The second kappa shape index (κ2) is 70.8. The summed E-state index contributed by atoms with van der Waals surface area (Å²) in [5.74, 6) is 0.154. The maximum Gasteiger partial charge on any atom is 0.472 e. The minimum absolute atomic E-state index is 0.101. The predicted octanol–water partition coefficient (Wildman–Crippen LogP) is 23.7. The van der Waals surface area contributed by atoms with Gasteiger partial charge in [-0.2, -0.15) is 0 Å². The van der Waals surface area contributed by atoms with Gasteiger partial charge in [0.15, 0.2) is 12.2 Å². The molecule has 0 radical (unpaired) electrons. The Labute approximate surface area is 612 Å². The van der Waals surface area contributed by atoms with Crippen LogP contribution < -0.4 is 0 Å². The highest BCUT2D eigenvalue weighted by molar-refractivity contribution is 7.47. The van der Waals surface area contributed by atoms with Gasteiger partial charge in [-0.15, -0.1) is 0 Å². The molecular formula is C81H154O17P2. The van der Waals surface area contributed by atoms with Crippen LogP contribution in [-0.4, -0.2) is 96.7 Å². The maximum atomic E-state index is 13.1. The molecule has 590 valence electrons. The Kier molecular flexibility index (Phi) is 69.1. The lowest BCUT2D eigenvalue weighted by molar-refractivity contribution is -0.161. The number of hydrogen-bond acceptors (Lipinski definition) is 15. The van der Waals surface area contributed by atoms with E-state index in [2.05, 4.69) is 72.8 Å². The fourth-order valence-corrected chi connectivity index (χ4v) is 13.5. The molecule has 100 heavy (non-hydrogen) atoms. The smallest absolute Gasteiger partial charge is 0.462 e. The average Bonchev–Trinajstić information content (AvgIpc) is 0.965. The van der Waals surface area contributed by atoms with Crippen molar-refractivity contribution in [1.82, 2.24) is 0 Å². The topological polar surface area (TPSA) is 237 Å². The number of rotatable bonds is 77. The van der Waals surface area contributed by atoms with Gasteiger partial charge in [-0.1, -0.05) is 342 Å². The molecule has 3 unspecified atom stereocenters. The number of phosphoric acid groups is 2. The van der Waals surface area contributed by atoms with Crippen molar-refractivity contribution in [2.75, 3.05) is 39.6 Å². The number of aliphatic hydroxyl groups is 1. The lowest BCUT2D eigenvalue weighted by atomic mass is 10.0. The van der Waals surface area contributed by atoms with Crippen LogP contribution in [0.5, 0.6) is 0 Å². The molecule has 5 atom stereocenters. The average molecular weight is 1460 g/mol. The van der Waals surface area contributed by atoms with Crippen LogP contribution in [0.4, 0.5) is 0 Å². The van der Waals surface area contributed by atoms with E-state index in [1.54, 1.807) is 0 Å². The van der Waals surface area contributed by atoms with Crippen molar-refractivity contribution in [3.63, 3.8) is 0 Å². The van der Waals surface area contributed by atoms with Gasteiger partial charge in [-0.3, -0.25) is 37.3 Å². The Morgan fingerprint density at radius 2 is 0.540 bits per heavy atom. The molecule has 0 aromatic rings. The number of esters is 4. The Hall–Kier alpha value is -2.46. The largest absolute Gasteiger partial charge is 0.472 e. The lowest BCUT2D eigenvalue weighted by Crippen LogP contribution is -2.30. The number of aliphatic hydroxyl groups excluding tert-OH is 1. The van der Waals surface area contributed by atoms with Gasteiger partial charge in [0.1, 0.15) is 19.3 Å². The first-order valence-corrected chi connectivity index (χ1v) is 44.2. The lowest BCUT2D eigenvalue weighted by Gasteiger charge is -2.21. The van der Waals surface area contributed by atoms with Crippen LogP contribution in [0.15, 0.2) is 24.3 Å². The number of phosphoric ester groups is 2. The molecule has 0 aromatic heterocycles. The van der Waals surface area contributed by atoms with E-state index in [1.165, 1.54) is 180 Å². The summed E-state index contributed by atoms with van der Waals surface area (Å²) in [6.07, 6.45) is 61.9. The molecule has 0 aliphatic rings. The first-order chi connectivity index (χ1) is 48.2. The second-order valence-corrected chi connectivity index (χ2v) is 32.8. The first-order valence-electron chi connectivity index (χ1n) is 41.2. The summed E-state index contributed by atoms with van der Waals surface area (Å²) in [6.45, 7) is 11.9. The molecule has 0 fully saturated rings. The number of unbranched alkanes of at least 4 members (excludes halogenated alkanes) is 42. The summed E-state index contributed by atoms with van der Waals surface area (Å²) < 4.78 is 68.7. The summed E-state index contributed by atoms with van der Waals surface area (Å²) in [7, 11) is -9.93. The number of allylic oxidation sites excluding steroid dienone is 4. The Morgan fingerprint density at radius 3 is 0.810 bits per heavy atom. The Morgan fingerprint density at radius 1 is 0.310 bits per heavy atom. The van der Waals surface area contributed by atoms with Crippen molar-refractivity contribution in [3.8, 4) is 0 Å². The molecule has 0 saturated carbocycles. The predicted molar refractivity (Wildman–Crippen MR) is 409 cm³/mol. The normalized spacial score (nSPS) is 14.1. The summed E-state index contributed by atoms with van der Waals surface area (Å²) in [5.41, 5.74) is 0. The highest BCUT2D eigenvalue weighted by Gasteiger charge is 2.30. The van der Waals surface area contributed by atoms with Crippen LogP contribution in [-0.2, 0) is 65.4 Å². The van der Waals surface area contributed by atoms with E-state index < -0.39 is 97.5 Å². The third kappa shape index (κ3) is 73.8. The van der Waals surface area contributed by atoms with Crippen LogP contribution in [0.2, 0.25) is 0 Å². The molecule has 0 amide bonds. The molecule has 0 spiro atoms. The quantitative estimate of drug-likeness (QED) is 0.0169. The van der Waals surface area contributed by atoms with Crippen molar-refractivity contribution in [1.29, 1.82) is 0 Å². The molecular weight excluding hydrogens is 1310 g/mol. The van der Waals surface area contributed by atoms with E-state index in [1.807, 2.05) is 0 Å². The zero-order valence-electron chi connectivity index (χ0n) is 65.2. The van der Waals surface area contributed by atoms with Gasteiger partial charge in [0, 0.05) is 25.7 Å². The van der Waals surface area contributed by atoms with Gasteiger partial charge in [0.2, 0.25) is 0 Å². The van der Waals surface area contributed by atoms with Crippen molar-refractivity contribution in [2.24, 2.45) is 17.8 Å². The van der Waals surface area contributed by atoms with Crippen molar-refractivity contribution in [3.05, 3.63) is 24.3 Å². The fraction of sp³-hybridized carbons (Fsp3) is 0.901. The zero-order chi connectivity index (χ0) is 73.7. The molecule has 0 aromatic carbocycles. The van der Waals surface area contributed by atoms with Gasteiger partial charge in [-0.05, 0) is 69.1 Å². The standard InChI is InChI=1S/C81H154O17P2/c1-8-9-10-11-12-13-14-15-18-24-29-34-41-48-55-62-78(83)91-68-76(97-80(85)64-57-50-42-35-30-25-20-17-16-19-22-27-32-38-45-52-59-72(2)3)70-95-99(87,88)93-66-75(82)67-94-100(89,90)96-71-77(69-92-79(84)63-56-49-44-37-40-47-54-61-74(6)7)98-81(86)65-58-51-43-36-31-26-21-23-28-33-39-46-53-60-73(4)5/h13-15,18,72-77,82H,8-12,16-17,19-71H2,1-7H3,(H,87,88)(H,89,90)/b14-13-,18-15-/t75?,76-,77-/m1/s1. The molecule has 0 aliphatic carbocycles. The van der Waals surface area contributed by atoms with E-state index in [0.29, 0.717) is 31.6 Å². The SMILES string of the molecule is CCCCCC/C=C\C=C/CCCCCCCC(=O)OC[C@H](COP(=O)(O)OCC(O)COP(=O)(O)OC[C@@H](COC(=O)CCCCCCCCCC(C)C)OC(=O)CCCCCCCCCCCCCCCC(C)C)OC(=O)CCCCCCCCCCCCCCCCCCC(C)C. The summed E-state index contributed by atoms with van der Waals surface area (Å²) in [6, 6.07) is 0. The van der Waals surface area contributed by atoms with E-state index in [0.717, 1.165) is 127 Å². The van der Waals surface area contributed by atoms with Gasteiger partial charge in [-0.25, -0.2) is 9.13 Å². The second-order valence-electron chi connectivity index (χ2n) is 29.9. The summed E-state index contributed by atoms with van der Waals surface area (Å²) in [5, 5.41) is 10.6. The van der Waals surface area contributed by atoms with Gasteiger partial charge in [0.25, 0.3) is 0 Å². The number of hydrogen-bond donors (Lipinski definition) is 3. The third-order valence-corrected chi connectivity index (χ3v) is 20.2. The molecule has 0 bridgehead atoms. The number of carbonyl (C=O) groups is 4. The van der Waals surface area contributed by atoms with E-state index >= 15 is 0 Å². The number of carbonyl (C=O) groups excluding carboxylic acids is 4. The Bertz CT molecular complexity index is 2030. The monoisotopic (exact) mass is 1460 g/mol. The van der Waals surface area contributed by atoms with Gasteiger partial charge >= 0.3 is 39.5 Å². The molecule has 19 heteroatoms. The zero-order valence-corrected chi connectivity index (χ0v) is 66.9. The van der Waals surface area contributed by atoms with Crippen LogP contribution >= 0.6 is 15.6 Å². The van der Waals surface area contributed by atoms with E-state index in [4.69, 9.17) is 37.0 Å². The molecule has 0 saturated heterocycles. The maximum absolute atomic E-state index is 13.1. The van der Waals surface area contributed by atoms with Crippen molar-refractivity contribution in [2.45, 2.75) is 414 Å². The van der Waals surface area contributed by atoms with Crippen LogP contribution in [0, 0.1) is 17.8 Å². The highest BCUT2D eigenvalue weighted by atomic mass is 31.2. The minimum Gasteiger partial charge on any atom is -0.462 e. The van der Waals surface area contributed by atoms with Crippen LogP contribution in [0.1, 0.15) is 395 Å². The third-order valence-electron chi connectivity index (χ3n) is 18.3. The number of ether oxygens (including phenoxy) is 4. The van der Waals surface area contributed by atoms with Crippen LogP contribution in [0.25, 0.3) is 0 Å². The highest BCUT2D eigenvalue weighted by Crippen LogP contribution is 2.45. The summed E-state index contributed by atoms with van der Waals surface area (Å²) in [4.78, 5) is 73.0. The van der Waals surface area contributed by atoms with Crippen molar-refractivity contribution < 1.29 is 80.2 Å². The summed E-state index contributed by atoms with van der Waals surface area (Å²) >= 11 is 0. The Balaban J connectivity index is 5.27. The molecule has 0 heterocycles. The van der Waals surface area contributed by atoms with E-state index in [9.17, 15) is 43.2 Å². The van der Waals surface area contributed by atoms with Gasteiger partial charge < -0.3 is 33.8 Å². The van der Waals surface area contributed by atoms with E-state index in [-0.39, 0.29) is 25.7 Å². The first kappa shape index (κ1) is 97.5. The van der Waals surface area contributed by atoms with Crippen LogP contribution in [0.3, 0.4) is 0 Å². The van der Waals surface area contributed by atoms with Crippen molar-refractivity contribution >= 4 is 39.5 Å². The minimum atomic E-state index is -4.97. The molecule has 0 aliphatic heterocycles.